The average Bonchev–Trinajstić information content (AvgIpc) is 2.74. The zero-order valence-corrected chi connectivity index (χ0v) is 20.8. The number of likely N-dealkylation sites (tertiary alicyclic amines) is 1. The van der Waals surface area contributed by atoms with Crippen LogP contribution in [-0.2, 0) is 14.8 Å². The Morgan fingerprint density at radius 3 is 2.15 bits per heavy atom. The van der Waals surface area contributed by atoms with Crippen molar-refractivity contribution in [3.63, 3.8) is 0 Å². The first-order chi connectivity index (χ1) is 15.4. The van der Waals surface area contributed by atoms with Gasteiger partial charge in [0.25, 0.3) is 15.9 Å². The largest absolute Gasteiger partial charge is 0.349 e. The van der Waals surface area contributed by atoms with Crippen molar-refractivity contribution in [1.29, 1.82) is 0 Å². The van der Waals surface area contributed by atoms with Crippen molar-refractivity contribution in [1.82, 2.24) is 10.2 Å². The maximum atomic E-state index is 13.0. The SMILES string of the molecule is Cc1ccc(NS(=O)(=O)c2ccc(C)c(C(=O)NC3CCN(C(=O)C(C)(C)C)CC3)c2)cc1. The minimum absolute atomic E-state index is 0.0319. The van der Waals surface area contributed by atoms with Gasteiger partial charge in [-0.2, -0.15) is 0 Å². The molecule has 7 nitrogen and oxygen atoms in total. The van der Waals surface area contributed by atoms with Gasteiger partial charge in [-0.1, -0.05) is 44.5 Å². The highest BCUT2D eigenvalue weighted by Gasteiger charge is 2.31. The van der Waals surface area contributed by atoms with E-state index in [0.717, 1.165) is 5.56 Å². The fraction of sp³-hybridized carbons (Fsp3) is 0.440. The minimum Gasteiger partial charge on any atom is -0.349 e. The molecule has 0 bridgehead atoms. The Morgan fingerprint density at radius 1 is 0.970 bits per heavy atom. The van der Waals surface area contributed by atoms with Gasteiger partial charge in [0.15, 0.2) is 0 Å². The van der Waals surface area contributed by atoms with Crippen LogP contribution in [0.3, 0.4) is 0 Å². The summed E-state index contributed by atoms with van der Waals surface area (Å²) in [6.45, 7) is 10.6. The van der Waals surface area contributed by atoms with Crippen LogP contribution >= 0.6 is 0 Å². The Hall–Kier alpha value is -2.87. The Balaban J connectivity index is 1.68. The summed E-state index contributed by atoms with van der Waals surface area (Å²) in [6.07, 6.45) is 1.33. The molecule has 0 atom stereocenters. The molecule has 1 saturated heterocycles. The summed E-state index contributed by atoms with van der Waals surface area (Å²) in [4.78, 5) is 27.3. The summed E-state index contributed by atoms with van der Waals surface area (Å²) < 4.78 is 28.3. The predicted octanol–water partition coefficient (Wildman–Crippen LogP) is 3.87. The number of carbonyl (C=O) groups excluding carboxylic acids is 2. The molecule has 0 unspecified atom stereocenters. The number of benzene rings is 2. The first kappa shape index (κ1) is 24.8. The molecule has 0 saturated carbocycles. The van der Waals surface area contributed by atoms with E-state index in [1.54, 1.807) is 25.1 Å². The third-order valence-electron chi connectivity index (χ3n) is 5.83. The summed E-state index contributed by atoms with van der Waals surface area (Å²) in [5.41, 5.74) is 2.09. The van der Waals surface area contributed by atoms with Gasteiger partial charge in [-0.3, -0.25) is 14.3 Å². The lowest BCUT2D eigenvalue weighted by molar-refractivity contribution is -0.140. The number of amides is 2. The van der Waals surface area contributed by atoms with Crippen molar-refractivity contribution in [3.05, 3.63) is 59.2 Å². The van der Waals surface area contributed by atoms with Gasteiger partial charge in [-0.05, 0) is 56.5 Å². The third kappa shape index (κ3) is 6.13. The molecule has 0 spiro atoms. The first-order valence-electron chi connectivity index (χ1n) is 11.2. The highest BCUT2D eigenvalue weighted by atomic mass is 32.2. The molecule has 1 fully saturated rings. The van der Waals surface area contributed by atoms with Crippen LogP contribution in [0.15, 0.2) is 47.4 Å². The summed E-state index contributed by atoms with van der Waals surface area (Å²) in [7, 11) is -3.84. The second-order valence-corrected chi connectivity index (χ2v) is 11.4. The van der Waals surface area contributed by atoms with E-state index < -0.39 is 15.4 Å². The molecule has 2 aromatic carbocycles. The van der Waals surface area contributed by atoms with Gasteiger partial charge in [-0.15, -0.1) is 0 Å². The van der Waals surface area contributed by atoms with E-state index >= 15 is 0 Å². The van der Waals surface area contributed by atoms with E-state index in [4.69, 9.17) is 0 Å². The van der Waals surface area contributed by atoms with E-state index in [1.807, 2.05) is 44.7 Å². The number of piperidine rings is 1. The highest BCUT2D eigenvalue weighted by Crippen LogP contribution is 2.23. The molecule has 8 heteroatoms. The maximum Gasteiger partial charge on any atom is 0.261 e. The Bertz CT molecular complexity index is 1130. The number of carbonyl (C=O) groups is 2. The monoisotopic (exact) mass is 471 g/mol. The van der Waals surface area contributed by atoms with E-state index in [9.17, 15) is 18.0 Å². The fourth-order valence-corrected chi connectivity index (χ4v) is 4.90. The lowest BCUT2D eigenvalue weighted by Crippen LogP contribution is -2.49. The van der Waals surface area contributed by atoms with Gasteiger partial charge in [0.2, 0.25) is 5.91 Å². The number of aryl methyl sites for hydroxylation is 2. The Kier molecular flexibility index (Phi) is 7.17. The van der Waals surface area contributed by atoms with Crippen LogP contribution in [-0.4, -0.2) is 44.3 Å². The number of anilines is 1. The highest BCUT2D eigenvalue weighted by molar-refractivity contribution is 7.92. The third-order valence-corrected chi connectivity index (χ3v) is 7.21. The van der Waals surface area contributed by atoms with Gasteiger partial charge >= 0.3 is 0 Å². The first-order valence-corrected chi connectivity index (χ1v) is 12.7. The standard InChI is InChI=1S/C25H33N3O4S/c1-17-6-9-20(10-7-17)27-33(31,32)21-11-8-18(2)22(16-21)23(29)26-19-12-14-28(15-13-19)24(30)25(3,4)5/h6-11,16,19,27H,12-15H2,1-5H3,(H,26,29). The van der Waals surface area contributed by atoms with Gasteiger partial charge in [0.05, 0.1) is 4.90 Å². The topological polar surface area (TPSA) is 95.6 Å². The number of sulfonamides is 1. The lowest BCUT2D eigenvalue weighted by atomic mass is 9.93. The van der Waals surface area contributed by atoms with Crippen LogP contribution in [0.4, 0.5) is 5.69 Å². The second kappa shape index (κ2) is 9.55. The molecule has 3 rings (SSSR count). The van der Waals surface area contributed by atoms with Crippen molar-refractivity contribution in [2.75, 3.05) is 17.8 Å². The molecular formula is C25H33N3O4S. The normalized spacial score (nSPS) is 15.2. The van der Waals surface area contributed by atoms with Gasteiger partial charge < -0.3 is 10.2 Å². The molecule has 2 aromatic rings. The van der Waals surface area contributed by atoms with Crippen molar-refractivity contribution in [2.45, 2.75) is 58.4 Å². The Labute approximate surface area is 196 Å². The predicted molar refractivity (Wildman–Crippen MR) is 130 cm³/mol. The van der Waals surface area contributed by atoms with E-state index in [-0.39, 0.29) is 22.8 Å². The minimum atomic E-state index is -3.84. The quantitative estimate of drug-likeness (QED) is 0.692. The number of hydrogen-bond donors (Lipinski definition) is 2. The molecule has 33 heavy (non-hydrogen) atoms. The number of nitrogens with one attached hydrogen (secondary N) is 2. The summed E-state index contributed by atoms with van der Waals surface area (Å²) in [5, 5.41) is 3.02. The van der Waals surface area contributed by atoms with E-state index in [1.165, 1.54) is 12.1 Å². The van der Waals surface area contributed by atoms with Crippen LogP contribution in [0.25, 0.3) is 0 Å². The van der Waals surface area contributed by atoms with E-state index in [2.05, 4.69) is 10.0 Å². The smallest absolute Gasteiger partial charge is 0.261 e. The number of hydrogen-bond acceptors (Lipinski definition) is 4. The van der Waals surface area contributed by atoms with Crippen LogP contribution in [0.2, 0.25) is 0 Å². The zero-order chi connectivity index (χ0) is 24.4. The molecule has 0 aliphatic carbocycles. The average molecular weight is 472 g/mol. The lowest BCUT2D eigenvalue weighted by Gasteiger charge is -2.36. The Morgan fingerprint density at radius 2 is 1.58 bits per heavy atom. The van der Waals surface area contributed by atoms with Crippen LogP contribution < -0.4 is 10.0 Å². The van der Waals surface area contributed by atoms with Crippen molar-refractivity contribution in [2.24, 2.45) is 5.41 Å². The zero-order valence-electron chi connectivity index (χ0n) is 19.9. The van der Waals surface area contributed by atoms with Crippen LogP contribution in [0.5, 0.6) is 0 Å². The molecular weight excluding hydrogens is 438 g/mol. The number of rotatable bonds is 5. The molecule has 1 aliphatic heterocycles. The van der Waals surface area contributed by atoms with Gasteiger partial charge in [0, 0.05) is 35.8 Å². The molecule has 2 N–H and O–H groups in total. The summed E-state index contributed by atoms with van der Waals surface area (Å²) in [6, 6.07) is 11.5. The fourth-order valence-electron chi connectivity index (χ4n) is 3.81. The second-order valence-electron chi connectivity index (χ2n) is 9.74. The number of nitrogens with zero attached hydrogens (tertiary/aromatic N) is 1. The molecule has 0 aromatic heterocycles. The molecule has 0 radical (unpaired) electrons. The van der Waals surface area contributed by atoms with Crippen LogP contribution in [0.1, 0.15) is 55.1 Å². The van der Waals surface area contributed by atoms with Crippen molar-refractivity contribution >= 4 is 27.5 Å². The summed E-state index contributed by atoms with van der Waals surface area (Å²) >= 11 is 0. The van der Waals surface area contributed by atoms with E-state index in [0.29, 0.717) is 42.7 Å². The van der Waals surface area contributed by atoms with Crippen LogP contribution in [0, 0.1) is 19.3 Å². The van der Waals surface area contributed by atoms with Gasteiger partial charge in [0.1, 0.15) is 0 Å². The van der Waals surface area contributed by atoms with Crippen molar-refractivity contribution < 1.29 is 18.0 Å². The van der Waals surface area contributed by atoms with Gasteiger partial charge in [-0.25, -0.2) is 8.42 Å². The maximum absolute atomic E-state index is 13.0. The molecule has 1 heterocycles. The van der Waals surface area contributed by atoms with Crippen molar-refractivity contribution in [3.8, 4) is 0 Å². The molecule has 1 aliphatic rings. The molecule has 178 valence electrons. The summed E-state index contributed by atoms with van der Waals surface area (Å²) in [5.74, 6) is -0.192. The molecule has 2 amide bonds.